The molecule has 0 saturated carbocycles. The Morgan fingerprint density at radius 3 is 2.60 bits per heavy atom. The van der Waals surface area contributed by atoms with Crippen molar-refractivity contribution < 1.29 is 24.2 Å². The van der Waals surface area contributed by atoms with E-state index in [2.05, 4.69) is 5.32 Å². The molecule has 0 heterocycles. The summed E-state index contributed by atoms with van der Waals surface area (Å²) in [7, 11) is 2.89. The molecule has 4 N–H and O–H groups in total. The molecule has 0 aliphatic carbocycles. The lowest BCUT2D eigenvalue weighted by Crippen LogP contribution is -2.34. The monoisotopic (exact) mass is 282 g/mol. The van der Waals surface area contributed by atoms with Crippen LogP contribution in [0.4, 0.5) is 5.69 Å². The van der Waals surface area contributed by atoms with Crippen LogP contribution in [0.25, 0.3) is 0 Å². The van der Waals surface area contributed by atoms with Gasteiger partial charge in [-0.05, 0) is 12.1 Å². The first-order chi connectivity index (χ1) is 9.47. The second kappa shape index (κ2) is 7.34. The van der Waals surface area contributed by atoms with Gasteiger partial charge in [0.2, 0.25) is 0 Å². The van der Waals surface area contributed by atoms with Crippen molar-refractivity contribution in [2.45, 2.75) is 12.5 Å². The van der Waals surface area contributed by atoms with Crippen molar-refractivity contribution in [1.29, 1.82) is 0 Å². The SMILES string of the molecule is COc1ccc(C(=O)NCC(CC(=O)O)OC)c(N)c1. The Kier molecular flexibility index (Phi) is 5.79. The largest absolute Gasteiger partial charge is 0.497 e. The molecule has 7 nitrogen and oxygen atoms in total. The van der Waals surface area contributed by atoms with Gasteiger partial charge in [-0.1, -0.05) is 0 Å². The molecule has 0 spiro atoms. The van der Waals surface area contributed by atoms with E-state index in [9.17, 15) is 9.59 Å². The van der Waals surface area contributed by atoms with E-state index in [4.69, 9.17) is 20.3 Å². The highest BCUT2D eigenvalue weighted by molar-refractivity contribution is 5.99. The Hall–Kier alpha value is -2.28. The standard InChI is InChI=1S/C13H18N2O5/c1-19-8-3-4-10(11(14)5-8)13(18)15-7-9(20-2)6-12(16)17/h3-5,9H,6-7,14H2,1-2H3,(H,15,18)(H,16,17). The van der Waals surface area contributed by atoms with E-state index in [1.807, 2.05) is 0 Å². The normalized spacial score (nSPS) is 11.7. The number of ether oxygens (including phenoxy) is 2. The van der Waals surface area contributed by atoms with Gasteiger partial charge in [0.05, 0.1) is 25.2 Å². The number of carboxylic acid groups (broad SMARTS) is 1. The quantitative estimate of drug-likeness (QED) is 0.628. The highest BCUT2D eigenvalue weighted by Gasteiger charge is 2.15. The van der Waals surface area contributed by atoms with Crippen LogP contribution in [0.1, 0.15) is 16.8 Å². The maximum absolute atomic E-state index is 11.9. The van der Waals surface area contributed by atoms with E-state index in [-0.39, 0.29) is 18.7 Å². The molecule has 0 aliphatic heterocycles. The summed E-state index contributed by atoms with van der Waals surface area (Å²) >= 11 is 0. The summed E-state index contributed by atoms with van der Waals surface area (Å²) in [5, 5.41) is 11.3. The Labute approximate surface area is 116 Å². The second-order valence-electron chi connectivity index (χ2n) is 4.12. The fraction of sp³-hybridized carbons (Fsp3) is 0.385. The summed E-state index contributed by atoms with van der Waals surface area (Å²) in [5.41, 5.74) is 6.34. The molecule has 0 radical (unpaired) electrons. The number of nitrogens with one attached hydrogen (secondary N) is 1. The molecule has 1 atom stereocenters. The molecule has 1 aromatic carbocycles. The summed E-state index contributed by atoms with van der Waals surface area (Å²) in [4.78, 5) is 22.5. The summed E-state index contributed by atoms with van der Waals surface area (Å²) in [6.45, 7) is 0.0904. The van der Waals surface area contributed by atoms with Gasteiger partial charge in [-0.3, -0.25) is 9.59 Å². The Morgan fingerprint density at radius 2 is 2.10 bits per heavy atom. The molecule has 1 unspecified atom stereocenters. The fourth-order valence-electron chi connectivity index (χ4n) is 1.61. The van der Waals surface area contributed by atoms with Crippen LogP contribution >= 0.6 is 0 Å². The topological polar surface area (TPSA) is 111 Å². The van der Waals surface area contributed by atoms with Crippen molar-refractivity contribution in [3.8, 4) is 5.75 Å². The molecule has 7 heteroatoms. The number of rotatable bonds is 7. The zero-order valence-electron chi connectivity index (χ0n) is 11.4. The number of nitrogen functional groups attached to an aromatic ring is 1. The van der Waals surface area contributed by atoms with Crippen LogP contribution < -0.4 is 15.8 Å². The smallest absolute Gasteiger partial charge is 0.306 e. The number of carbonyl (C=O) groups excluding carboxylic acids is 1. The summed E-state index contributed by atoms with van der Waals surface area (Å²) < 4.78 is 9.96. The summed E-state index contributed by atoms with van der Waals surface area (Å²) in [6.07, 6.45) is -0.773. The molecule has 1 rings (SSSR count). The minimum Gasteiger partial charge on any atom is -0.497 e. The van der Waals surface area contributed by atoms with Crippen LogP contribution in [0.15, 0.2) is 18.2 Å². The predicted octanol–water partition coefficient (Wildman–Crippen LogP) is 0.497. The number of nitrogens with two attached hydrogens (primary N) is 1. The van der Waals surface area contributed by atoms with E-state index in [0.717, 1.165) is 0 Å². The van der Waals surface area contributed by atoms with Crippen LogP contribution in [0.5, 0.6) is 5.75 Å². The molecule has 0 aromatic heterocycles. The van der Waals surface area contributed by atoms with Gasteiger partial charge in [-0.25, -0.2) is 0 Å². The average molecular weight is 282 g/mol. The van der Waals surface area contributed by atoms with Gasteiger partial charge in [0.15, 0.2) is 0 Å². The predicted molar refractivity (Wildman–Crippen MR) is 72.8 cm³/mol. The van der Waals surface area contributed by atoms with E-state index in [1.54, 1.807) is 18.2 Å². The van der Waals surface area contributed by atoms with E-state index >= 15 is 0 Å². The molecule has 0 fully saturated rings. The first-order valence-electron chi connectivity index (χ1n) is 5.94. The number of amides is 1. The molecule has 1 amide bonds. The number of carboxylic acids is 1. The van der Waals surface area contributed by atoms with E-state index in [1.165, 1.54) is 14.2 Å². The van der Waals surface area contributed by atoms with Gasteiger partial charge in [0, 0.05) is 25.4 Å². The summed E-state index contributed by atoms with van der Waals surface area (Å²) in [6, 6.07) is 4.71. The van der Waals surface area contributed by atoms with Gasteiger partial charge in [0.25, 0.3) is 5.91 Å². The van der Waals surface area contributed by atoms with Crippen molar-refractivity contribution in [3.63, 3.8) is 0 Å². The zero-order chi connectivity index (χ0) is 15.1. The average Bonchev–Trinajstić information content (AvgIpc) is 2.42. The molecule has 20 heavy (non-hydrogen) atoms. The zero-order valence-corrected chi connectivity index (χ0v) is 11.4. The van der Waals surface area contributed by atoms with Crippen molar-refractivity contribution in [1.82, 2.24) is 5.32 Å². The minimum atomic E-state index is -0.991. The third kappa shape index (κ3) is 4.43. The van der Waals surface area contributed by atoms with Gasteiger partial charge >= 0.3 is 5.97 Å². The van der Waals surface area contributed by atoms with E-state index in [0.29, 0.717) is 11.3 Å². The maximum atomic E-state index is 11.9. The fourth-order valence-corrected chi connectivity index (χ4v) is 1.61. The number of aliphatic carboxylic acids is 1. The number of methoxy groups -OCH3 is 2. The first-order valence-corrected chi connectivity index (χ1v) is 5.94. The lowest BCUT2D eigenvalue weighted by Gasteiger charge is -2.14. The number of anilines is 1. The van der Waals surface area contributed by atoms with Gasteiger partial charge < -0.3 is 25.6 Å². The number of hydrogen-bond acceptors (Lipinski definition) is 5. The Bertz CT molecular complexity index is 490. The third-order valence-corrected chi connectivity index (χ3v) is 2.73. The number of benzene rings is 1. The molecule has 110 valence electrons. The molecule has 0 saturated heterocycles. The number of hydrogen-bond donors (Lipinski definition) is 3. The third-order valence-electron chi connectivity index (χ3n) is 2.73. The van der Waals surface area contributed by atoms with Crippen LogP contribution in [-0.2, 0) is 9.53 Å². The van der Waals surface area contributed by atoms with Crippen LogP contribution in [-0.4, -0.2) is 43.9 Å². The minimum absolute atomic E-state index is 0.0904. The summed E-state index contributed by atoms with van der Waals surface area (Å²) in [5.74, 6) is -0.827. The number of carbonyl (C=O) groups is 2. The molecule has 1 aromatic rings. The molecular formula is C13H18N2O5. The first kappa shape index (κ1) is 15.8. The highest BCUT2D eigenvalue weighted by atomic mass is 16.5. The molecule has 0 aliphatic rings. The maximum Gasteiger partial charge on any atom is 0.306 e. The van der Waals surface area contributed by atoms with Crippen molar-refractivity contribution in [3.05, 3.63) is 23.8 Å². The lowest BCUT2D eigenvalue weighted by atomic mass is 10.1. The van der Waals surface area contributed by atoms with Crippen molar-refractivity contribution >= 4 is 17.6 Å². The van der Waals surface area contributed by atoms with Crippen LogP contribution in [0.2, 0.25) is 0 Å². The lowest BCUT2D eigenvalue weighted by molar-refractivity contribution is -0.139. The van der Waals surface area contributed by atoms with Gasteiger partial charge in [-0.15, -0.1) is 0 Å². The molecular weight excluding hydrogens is 264 g/mol. The highest BCUT2D eigenvalue weighted by Crippen LogP contribution is 2.19. The van der Waals surface area contributed by atoms with Crippen LogP contribution in [0.3, 0.4) is 0 Å². The van der Waals surface area contributed by atoms with Crippen LogP contribution in [0, 0.1) is 0 Å². The second-order valence-corrected chi connectivity index (χ2v) is 4.12. The van der Waals surface area contributed by atoms with Gasteiger partial charge in [0.1, 0.15) is 5.75 Å². The van der Waals surface area contributed by atoms with Crippen molar-refractivity contribution in [2.24, 2.45) is 0 Å². The van der Waals surface area contributed by atoms with Crippen molar-refractivity contribution in [2.75, 3.05) is 26.5 Å². The molecule has 0 bridgehead atoms. The Balaban J connectivity index is 2.64. The Morgan fingerprint density at radius 1 is 1.40 bits per heavy atom. The van der Waals surface area contributed by atoms with Gasteiger partial charge in [-0.2, -0.15) is 0 Å². The van der Waals surface area contributed by atoms with E-state index < -0.39 is 18.0 Å².